The van der Waals surface area contributed by atoms with Crippen molar-refractivity contribution in [1.82, 2.24) is 10.2 Å². The second kappa shape index (κ2) is 5.72. The van der Waals surface area contributed by atoms with Crippen molar-refractivity contribution in [1.29, 1.82) is 0 Å². The predicted octanol–water partition coefficient (Wildman–Crippen LogP) is 1.14. The van der Waals surface area contributed by atoms with Gasteiger partial charge in [0.15, 0.2) is 11.5 Å². The number of phenols is 2. The van der Waals surface area contributed by atoms with Gasteiger partial charge >= 0.3 is 0 Å². The molecule has 0 saturated carbocycles. The average molecular weight is 224 g/mol. The van der Waals surface area contributed by atoms with Crippen LogP contribution in [0.25, 0.3) is 0 Å². The highest BCUT2D eigenvalue weighted by molar-refractivity contribution is 5.44. The van der Waals surface area contributed by atoms with Crippen molar-refractivity contribution in [3.8, 4) is 11.5 Å². The van der Waals surface area contributed by atoms with Crippen molar-refractivity contribution in [2.75, 3.05) is 20.6 Å². The highest BCUT2D eigenvalue weighted by Gasteiger charge is 2.07. The number of rotatable bonds is 5. The van der Waals surface area contributed by atoms with Gasteiger partial charge in [-0.25, -0.2) is 0 Å². The number of nitrogens with zero attached hydrogens (tertiary/aromatic N) is 1. The van der Waals surface area contributed by atoms with E-state index in [1.165, 1.54) is 6.07 Å². The zero-order valence-corrected chi connectivity index (χ0v) is 10.1. The molecule has 0 spiro atoms. The van der Waals surface area contributed by atoms with Gasteiger partial charge in [0.25, 0.3) is 0 Å². The number of phenolic OH excluding ortho intramolecular Hbond substituents is 2. The zero-order chi connectivity index (χ0) is 12.1. The molecule has 16 heavy (non-hydrogen) atoms. The van der Waals surface area contributed by atoms with E-state index in [9.17, 15) is 10.2 Å². The smallest absolute Gasteiger partial charge is 0.161 e. The fourth-order valence-corrected chi connectivity index (χ4v) is 1.62. The first-order valence-corrected chi connectivity index (χ1v) is 5.38. The van der Waals surface area contributed by atoms with Crippen LogP contribution in [-0.2, 0) is 6.54 Å². The Kier molecular flexibility index (Phi) is 4.58. The number of nitrogens with one attached hydrogen (secondary N) is 1. The maximum absolute atomic E-state index is 9.59. The highest BCUT2D eigenvalue weighted by atomic mass is 16.3. The summed E-state index contributed by atoms with van der Waals surface area (Å²) >= 11 is 0. The van der Waals surface area contributed by atoms with E-state index >= 15 is 0 Å². The third-order valence-corrected chi connectivity index (χ3v) is 2.38. The summed E-state index contributed by atoms with van der Waals surface area (Å²) in [6.45, 7) is 3.56. The van der Waals surface area contributed by atoms with Crippen molar-refractivity contribution >= 4 is 0 Å². The number of benzene rings is 1. The molecule has 0 aliphatic carbocycles. The molecule has 90 valence electrons. The van der Waals surface area contributed by atoms with Crippen LogP contribution in [0.1, 0.15) is 12.5 Å². The monoisotopic (exact) mass is 224 g/mol. The van der Waals surface area contributed by atoms with E-state index in [1.54, 1.807) is 12.1 Å². The highest BCUT2D eigenvalue weighted by Crippen LogP contribution is 2.27. The molecule has 0 bridgehead atoms. The van der Waals surface area contributed by atoms with Crippen LogP contribution in [0.15, 0.2) is 18.2 Å². The van der Waals surface area contributed by atoms with Crippen LogP contribution in [-0.4, -0.2) is 41.8 Å². The van der Waals surface area contributed by atoms with Crippen molar-refractivity contribution < 1.29 is 10.2 Å². The summed E-state index contributed by atoms with van der Waals surface area (Å²) in [5.74, 6) is -0.105. The zero-order valence-electron chi connectivity index (χ0n) is 10.1. The maximum Gasteiger partial charge on any atom is 0.161 e. The van der Waals surface area contributed by atoms with Gasteiger partial charge in [0.05, 0.1) is 0 Å². The molecular formula is C12H20N2O2. The molecule has 1 rings (SSSR count). The topological polar surface area (TPSA) is 55.7 Å². The average Bonchev–Trinajstić information content (AvgIpc) is 2.19. The summed E-state index contributed by atoms with van der Waals surface area (Å²) in [4.78, 5) is 2.10. The van der Waals surface area contributed by atoms with Gasteiger partial charge in [0, 0.05) is 24.7 Å². The molecule has 4 heteroatoms. The van der Waals surface area contributed by atoms with Gasteiger partial charge in [-0.1, -0.05) is 12.1 Å². The van der Waals surface area contributed by atoms with Gasteiger partial charge in [-0.15, -0.1) is 0 Å². The SMILES string of the molecule is CC(CN(C)C)NCc1cccc(O)c1O. The Labute approximate surface area is 96.5 Å². The fraction of sp³-hybridized carbons (Fsp3) is 0.500. The first kappa shape index (κ1) is 12.8. The normalized spacial score (nSPS) is 13.0. The Balaban J connectivity index is 2.51. The minimum atomic E-state index is -0.0698. The summed E-state index contributed by atoms with van der Waals surface area (Å²) in [6, 6.07) is 5.33. The minimum absolute atomic E-state index is 0.0351. The first-order valence-electron chi connectivity index (χ1n) is 5.38. The summed E-state index contributed by atoms with van der Waals surface area (Å²) in [5.41, 5.74) is 0.714. The predicted molar refractivity (Wildman–Crippen MR) is 64.6 cm³/mol. The van der Waals surface area contributed by atoms with Crippen LogP contribution in [0, 0.1) is 0 Å². The van der Waals surface area contributed by atoms with Crippen LogP contribution in [0.2, 0.25) is 0 Å². The Bertz CT molecular complexity index is 340. The molecule has 1 aromatic carbocycles. The van der Waals surface area contributed by atoms with Gasteiger partial charge in [0.2, 0.25) is 0 Å². The Morgan fingerprint density at radius 1 is 1.31 bits per heavy atom. The van der Waals surface area contributed by atoms with Crippen molar-refractivity contribution in [2.24, 2.45) is 0 Å². The van der Waals surface area contributed by atoms with E-state index in [0.717, 1.165) is 6.54 Å². The van der Waals surface area contributed by atoms with E-state index in [0.29, 0.717) is 18.2 Å². The van der Waals surface area contributed by atoms with E-state index in [-0.39, 0.29) is 11.5 Å². The number of hydrogen-bond acceptors (Lipinski definition) is 4. The molecule has 1 aromatic rings. The van der Waals surface area contributed by atoms with Gasteiger partial charge in [-0.3, -0.25) is 0 Å². The molecule has 0 heterocycles. The molecule has 0 aliphatic rings. The molecular weight excluding hydrogens is 204 g/mol. The molecule has 1 atom stereocenters. The van der Waals surface area contributed by atoms with E-state index < -0.39 is 0 Å². The van der Waals surface area contributed by atoms with Crippen LogP contribution >= 0.6 is 0 Å². The second-order valence-electron chi connectivity index (χ2n) is 4.33. The van der Waals surface area contributed by atoms with Crippen LogP contribution in [0.5, 0.6) is 11.5 Å². The fourth-order valence-electron chi connectivity index (χ4n) is 1.62. The lowest BCUT2D eigenvalue weighted by atomic mass is 10.1. The Morgan fingerprint density at radius 3 is 2.62 bits per heavy atom. The number of aromatic hydroxyl groups is 2. The van der Waals surface area contributed by atoms with Gasteiger partial charge < -0.3 is 20.4 Å². The van der Waals surface area contributed by atoms with Gasteiger partial charge in [-0.05, 0) is 27.1 Å². The standard InChI is InChI=1S/C12H20N2O2/c1-9(8-14(2)3)13-7-10-5-4-6-11(15)12(10)16/h4-6,9,13,15-16H,7-8H2,1-3H3. The maximum atomic E-state index is 9.59. The molecule has 0 aliphatic heterocycles. The quantitative estimate of drug-likeness (QED) is 0.656. The van der Waals surface area contributed by atoms with Gasteiger partial charge in [-0.2, -0.15) is 0 Å². The molecule has 4 nitrogen and oxygen atoms in total. The molecule has 0 fully saturated rings. The van der Waals surface area contributed by atoms with Crippen molar-refractivity contribution in [3.05, 3.63) is 23.8 Å². The third kappa shape index (κ3) is 3.72. The molecule has 1 unspecified atom stereocenters. The molecule has 0 saturated heterocycles. The number of para-hydroxylation sites is 1. The number of hydrogen-bond donors (Lipinski definition) is 3. The minimum Gasteiger partial charge on any atom is -0.504 e. The summed E-state index contributed by atoms with van der Waals surface area (Å²) < 4.78 is 0. The lowest BCUT2D eigenvalue weighted by molar-refractivity contribution is 0.346. The van der Waals surface area contributed by atoms with Crippen LogP contribution in [0.3, 0.4) is 0 Å². The molecule has 0 amide bonds. The summed E-state index contributed by atoms with van der Waals surface area (Å²) in [6.07, 6.45) is 0. The van der Waals surface area contributed by atoms with Gasteiger partial charge in [0.1, 0.15) is 0 Å². The third-order valence-electron chi connectivity index (χ3n) is 2.38. The Morgan fingerprint density at radius 2 is 2.00 bits per heavy atom. The summed E-state index contributed by atoms with van der Waals surface area (Å²) in [7, 11) is 4.04. The van der Waals surface area contributed by atoms with E-state index in [4.69, 9.17) is 0 Å². The Hall–Kier alpha value is -1.26. The van der Waals surface area contributed by atoms with Crippen molar-refractivity contribution in [2.45, 2.75) is 19.5 Å². The lowest BCUT2D eigenvalue weighted by Crippen LogP contribution is -2.35. The van der Waals surface area contributed by atoms with E-state index in [2.05, 4.69) is 17.1 Å². The lowest BCUT2D eigenvalue weighted by Gasteiger charge is -2.18. The number of likely N-dealkylation sites (N-methyl/N-ethyl adjacent to an activating group) is 1. The van der Waals surface area contributed by atoms with Crippen molar-refractivity contribution in [3.63, 3.8) is 0 Å². The second-order valence-corrected chi connectivity index (χ2v) is 4.33. The first-order chi connectivity index (χ1) is 7.50. The van der Waals surface area contributed by atoms with Crippen LogP contribution < -0.4 is 5.32 Å². The van der Waals surface area contributed by atoms with Crippen LogP contribution in [0.4, 0.5) is 0 Å². The molecule has 0 aromatic heterocycles. The molecule has 0 radical (unpaired) electrons. The largest absolute Gasteiger partial charge is 0.504 e. The van der Waals surface area contributed by atoms with E-state index in [1.807, 2.05) is 14.1 Å². The summed E-state index contributed by atoms with van der Waals surface area (Å²) in [5, 5.41) is 22.2. The molecule has 3 N–H and O–H groups in total.